The molecule has 1 atom stereocenters. The van der Waals surface area contributed by atoms with Crippen LogP contribution < -0.4 is 5.32 Å². The van der Waals surface area contributed by atoms with E-state index in [1.54, 1.807) is 0 Å². The lowest BCUT2D eigenvalue weighted by atomic mass is 9.49. The van der Waals surface area contributed by atoms with Gasteiger partial charge in [-0.3, -0.25) is 9.59 Å². The summed E-state index contributed by atoms with van der Waals surface area (Å²) in [6.07, 6.45) is 8.01. The summed E-state index contributed by atoms with van der Waals surface area (Å²) in [5, 5.41) is 12.9. The molecule has 0 aromatic heterocycles. The van der Waals surface area contributed by atoms with Crippen molar-refractivity contribution in [1.82, 2.24) is 10.2 Å². The zero-order chi connectivity index (χ0) is 18.5. The molecular weight excluding hydrogens is 328 g/mol. The van der Waals surface area contributed by atoms with E-state index in [1.165, 1.54) is 19.3 Å². The van der Waals surface area contributed by atoms with Crippen LogP contribution in [0.1, 0.15) is 65.2 Å². The fraction of sp³-hybridized carbons (Fsp3) is 0.905. The molecule has 4 aliphatic carbocycles. The van der Waals surface area contributed by atoms with Crippen molar-refractivity contribution in [3.8, 4) is 0 Å². The number of likely N-dealkylation sites (tertiary alicyclic amines) is 1. The summed E-state index contributed by atoms with van der Waals surface area (Å²) in [7, 11) is 0. The van der Waals surface area contributed by atoms with E-state index < -0.39 is 6.04 Å². The molecule has 26 heavy (non-hydrogen) atoms. The van der Waals surface area contributed by atoms with Crippen LogP contribution >= 0.6 is 0 Å². The normalized spacial score (nSPS) is 37.8. The number of aliphatic hydroxyl groups excluding tert-OH is 1. The Hall–Kier alpha value is -1.10. The Balaban J connectivity index is 1.45. The molecule has 5 rings (SSSR count). The monoisotopic (exact) mass is 362 g/mol. The lowest BCUT2D eigenvalue weighted by Crippen LogP contribution is -2.59. The molecule has 1 heterocycles. The summed E-state index contributed by atoms with van der Waals surface area (Å²) in [6, 6.07) is -0.439. The van der Waals surface area contributed by atoms with E-state index in [0.29, 0.717) is 25.9 Å². The second-order valence-corrected chi connectivity index (χ2v) is 9.95. The zero-order valence-electron chi connectivity index (χ0n) is 16.2. The van der Waals surface area contributed by atoms with E-state index in [1.807, 2.05) is 18.7 Å². The van der Waals surface area contributed by atoms with Crippen molar-refractivity contribution in [2.24, 2.45) is 29.1 Å². The van der Waals surface area contributed by atoms with Gasteiger partial charge in [0.25, 0.3) is 0 Å². The van der Waals surface area contributed by atoms with E-state index in [0.717, 1.165) is 37.0 Å². The molecule has 0 spiro atoms. The fourth-order valence-corrected chi connectivity index (χ4v) is 6.48. The Labute approximate surface area is 156 Å². The first-order chi connectivity index (χ1) is 12.4. The van der Waals surface area contributed by atoms with Gasteiger partial charge in [-0.2, -0.15) is 0 Å². The van der Waals surface area contributed by atoms with Crippen molar-refractivity contribution in [3.05, 3.63) is 0 Å². The lowest BCUT2D eigenvalue weighted by molar-refractivity contribution is -0.151. The van der Waals surface area contributed by atoms with Crippen LogP contribution in [0, 0.1) is 29.1 Å². The van der Waals surface area contributed by atoms with Gasteiger partial charge in [0.1, 0.15) is 6.04 Å². The largest absolute Gasteiger partial charge is 0.393 e. The third-order valence-corrected chi connectivity index (χ3v) is 7.52. The molecular formula is C21H34N2O3. The highest BCUT2D eigenvalue weighted by molar-refractivity contribution is 5.90. The summed E-state index contributed by atoms with van der Waals surface area (Å²) in [5.74, 6) is 2.43. The predicted molar refractivity (Wildman–Crippen MR) is 99.2 cm³/mol. The molecule has 0 radical (unpaired) electrons. The predicted octanol–water partition coefficient (Wildman–Crippen LogP) is 2.33. The highest BCUT2D eigenvalue weighted by atomic mass is 16.3. The topological polar surface area (TPSA) is 69.6 Å². The quantitative estimate of drug-likeness (QED) is 0.806. The van der Waals surface area contributed by atoms with Gasteiger partial charge in [-0.15, -0.1) is 0 Å². The number of nitrogens with one attached hydrogen (secondary N) is 1. The van der Waals surface area contributed by atoms with Crippen LogP contribution in [0.5, 0.6) is 0 Å². The Morgan fingerprint density at radius 1 is 1.00 bits per heavy atom. The molecule has 5 heteroatoms. The van der Waals surface area contributed by atoms with Crippen molar-refractivity contribution in [2.45, 2.75) is 77.4 Å². The number of piperidine rings is 1. The Bertz CT molecular complexity index is 530. The van der Waals surface area contributed by atoms with Crippen LogP contribution in [0.2, 0.25) is 0 Å². The van der Waals surface area contributed by atoms with Gasteiger partial charge in [0.05, 0.1) is 6.10 Å². The SMILES string of the molecule is CC(C)[C@@H](NC(=O)C12CC3CC(CC(C3)C1)C2)C(=O)N1CCC(O)CC1. The molecule has 2 amide bonds. The maximum absolute atomic E-state index is 13.3. The maximum Gasteiger partial charge on any atom is 0.245 e. The van der Waals surface area contributed by atoms with Crippen LogP contribution in [0.25, 0.3) is 0 Å². The number of carbonyl (C=O) groups excluding carboxylic acids is 2. The van der Waals surface area contributed by atoms with Crippen molar-refractivity contribution < 1.29 is 14.7 Å². The molecule has 5 nitrogen and oxygen atoms in total. The molecule has 1 aliphatic heterocycles. The molecule has 5 fully saturated rings. The van der Waals surface area contributed by atoms with Crippen molar-refractivity contribution in [1.29, 1.82) is 0 Å². The highest BCUT2D eigenvalue weighted by Gasteiger charge is 2.55. The highest BCUT2D eigenvalue weighted by Crippen LogP contribution is 2.60. The van der Waals surface area contributed by atoms with E-state index in [-0.39, 0.29) is 29.3 Å². The molecule has 0 unspecified atom stereocenters. The summed E-state index contributed by atoms with van der Waals surface area (Å²) in [5.41, 5.74) is -0.208. The first-order valence-electron chi connectivity index (χ1n) is 10.6. The fourth-order valence-electron chi connectivity index (χ4n) is 6.48. The number of rotatable bonds is 4. The molecule has 2 N–H and O–H groups in total. The average molecular weight is 363 g/mol. The van der Waals surface area contributed by atoms with Crippen molar-refractivity contribution in [2.75, 3.05) is 13.1 Å². The van der Waals surface area contributed by atoms with Crippen LogP contribution in [-0.4, -0.2) is 47.1 Å². The van der Waals surface area contributed by atoms with Crippen LogP contribution in [0.15, 0.2) is 0 Å². The molecule has 0 aromatic carbocycles. The molecule has 146 valence electrons. The van der Waals surface area contributed by atoms with Gasteiger partial charge in [0, 0.05) is 18.5 Å². The minimum absolute atomic E-state index is 0.0324. The molecule has 4 saturated carbocycles. The van der Waals surface area contributed by atoms with Gasteiger partial charge in [-0.25, -0.2) is 0 Å². The minimum Gasteiger partial charge on any atom is -0.393 e. The van der Waals surface area contributed by atoms with E-state index >= 15 is 0 Å². The summed E-state index contributed by atoms with van der Waals surface area (Å²) >= 11 is 0. The lowest BCUT2D eigenvalue weighted by Gasteiger charge is -2.56. The summed E-state index contributed by atoms with van der Waals surface area (Å²) in [6.45, 7) is 5.22. The minimum atomic E-state index is -0.439. The number of nitrogens with zero attached hydrogens (tertiary/aromatic N) is 1. The number of hydrogen-bond acceptors (Lipinski definition) is 3. The second kappa shape index (κ2) is 6.81. The van der Waals surface area contributed by atoms with Gasteiger partial charge in [0.15, 0.2) is 0 Å². The van der Waals surface area contributed by atoms with Gasteiger partial charge >= 0.3 is 0 Å². The third kappa shape index (κ3) is 3.28. The van der Waals surface area contributed by atoms with E-state index in [9.17, 15) is 14.7 Å². The van der Waals surface area contributed by atoms with Crippen molar-refractivity contribution in [3.63, 3.8) is 0 Å². The first-order valence-corrected chi connectivity index (χ1v) is 10.6. The van der Waals surface area contributed by atoms with E-state index in [4.69, 9.17) is 0 Å². The number of hydrogen-bond donors (Lipinski definition) is 2. The van der Waals surface area contributed by atoms with Crippen LogP contribution in [-0.2, 0) is 9.59 Å². The van der Waals surface area contributed by atoms with Crippen LogP contribution in [0.3, 0.4) is 0 Å². The Kier molecular flexibility index (Phi) is 4.79. The zero-order valence-corrected chi connectivity index (χ0v) is 16.2. The number of aliphatic hydroxyl groups is 1. The molecule has 1 saturated heterocycles. The number of carbonyl (C=O) groups is 2. The third-order valence-electron chi connectivity index (χ3n) is 7.52. The van der Waals surface area contributed by atoms with Gasteiger partial charge in [-0.1, -0.05) is 13.8 Å². The van der Waals surface area contributed by atoms with Crippen LogP contribution in [0.4, 0.5) is 0 Å². The Morgan fingerprint density at radius 3 is 1.96 bits per heavy atom. The summed E-state index contributed by atoms with van der Waals surface area (Å²) < 4.78 is 0. The molecule has 0 aromatic rings. The number of amides is 2. The standard InChI is InChI=1S/C21H34N2O3/c1-13(2)18(19(25)23-5-3-17(24)4-6-23)22-20(26)21-10-14-7-15(11-21)9-16(8-14)12-21/h13-18,24H,3-12H2,1-2H3,(H,22,26)/t14?,15?,16?,18-,21?/m1/s1. The summed E-state index contributed by atoms with van der Waals surface area (Å²) in [4.78, 5) is 28.2. The molecule has 5 aliphatic rings. The smallest absolute Gasteiger partial charge is 0.245 e. The Morgan fingerprint density at radius 2 is 1.50 bits per heavy atom. The molecule has 4 bridgehead atoms. The second-order valence-electron chi connectivity index (χ2n) is 9.95. The van der Waals surface area contributed by atoms with Crippen molar-refractivity contribution >= 4 is 11.8 Å². The average Bonchev–Trinajstić information content (AvgIpc) is 2.58. The maximum atomic E-state index is 13.3. The van der Waals surface area contributed by atoms with E-state index in [2.05, 4.69) is 5.32 Å². The van der Waals surface area contributed by atoms with Gasteiger partial charge in [-0.05, 0) is 75.0 Å². The van der Waals surface area contributed by atoms with Gasteiger partial charge < -0.3 is 15.3 Å². The van der Waals surface area contributed by atoms with Gasteiger partial charge in [0.2, 0.25) is 11.8 Å². The first kappa shape index (κ1) is 18.3.